The van der Waals surface area contributed by atoms with Crippen LogP contribution in [0.15, 0.2) is 60.8 Å². The van der Waals surface area contributed by atoms with E-state index in [1.165, 1.54) is 12.1 Å². The fourth-order valence-corrected chi connectivity index (χ4v) is 3.50. The number of aromatic nitrogens is 5. The lowest BCUT2D eigenvalue weighted by Crippen LogP contribution is -2.22. The highest BCUT2D eigenvalue weighted by atomic mass is 19.4. The summed E-state index contributed by atoms with van der Waals surface area (Å²) in [5.41, 5.74) is 3.15. The number of halogens is 3. The molecule has 4 heterocycles. The summed E-state index contributed by atoms with van der Waals surface area (Å²) in [4.78, 5) is 12.9. The van der Waals surface area contributed by atoms with E-state index >= 15 is 0 Å². The van der Waals surface area contributed by atoms with Gasteiger partial charge in [-0.25, -0.2) is 9.67 Å². The molecule has 0 radical (unpaired) electrons. The van der Waals surface area contributed by atoms with Crippen LogP contribution in [0.2, 0.25) is 0 Å². The van der Waals surface area contributed by atoms with Crippen LogP contribution < -0.4 is 0 Å². The zero-order valence-electron chi connectivity index (χ0n) is 18.1. The Morgan fingerprint density at radius 3 is 1.97 bits per heavy atom. The van der Waals surface area contributed by atoms with Gasteiger partial charge in [0.15, 0.2) is 0 Å². The third-order valence-corrected chi connectivity index (χ3v) is 5.36. The minimum absolute atomic E-state index is 0.171. The molecule has 0 fully saturated rings. The molecule has 0 aromatic carbocycles. The van der Waals surface area contributed by atoms with Crippen molar-refractivity contribution in [1.82, 2.24) is 24.7 Å². The second-order valence-corrected chi connectivity index (χ2v) is 8.14. The highest BCUT2D eigenvalue weighted by Gasteiger charge is 2.33. The number of hydrogen-bond donors (Lipinski definition) is 0. The molecule has 164 valence electrons. The smallest absolute Gasteiger partial charge is 0.256 e. The number of hydrogen-bond acceptors (Lipinski definition) is 4. The van der Waals surface area contributed by atoms with E-state index in [0.717, 1.165) is 28.8 Å². The molecule has 0 aliphatic rings. The fraction of sp³-hybridized carbons (Fsp3) is 0.250. The van der Waals surface area contributed by atoms with E-state index in [1.807, 2.05) is 58.2 Å². The molecular formula is C24H22F3N5. The number of aryl methyl sites for hydroxylation is 2. The second kappa shape index (κ2) is 7.85. The first-order valence-electron chi connectivity index (χ1n) is 10.1. The first-order chi connectivity index (χ1) is 15.1. The molecule has 0 unspecified atom stereocenters. The Balaban J connectivity index is 1.70. The van der Waals surface area contributed by atoms with Gasteiger partial charge in [-0.05, 0) is 70.2 Å². The van der Waals surface area contributed by atoms with E-state index in [0.29, 0.717) is 11.4 Å². The molecule has 4 rings (SSSR count). The van der Waals surface area contributed by atoms with E-state index in [-0.39, 0.29) is 5.69 Å². The van der Waals surface area contributed by atoms with Gasteiger partial charge >= 0.3 is 6.18 Å². The molecule has 5 nitrogen and oxygen atoms in total. The average Bonchev–Trinajstić information content (AvgIpc) is 3.24. The summed E-state index contributed by atoms with van der Waals surface area (Å²) < 4.78 is 41.0. The van der Waals surface area contributed by atoms with Crippen LogP contribution in [0.4, 0.5) is 13.2 Å². The number of alkyl halides is 3. The van der Waals surface area contributed by atoms with Crippen LogP contribution >= 0.6 is 0 Å². The van der Waals surface area contributed by atoms with Crippen molar-refractivity contribution >= 4 is 0 Å². The van der Waals surface area contributed by atoms with Crippen molar-refractivity contribution in [1.29, 1.82) is 0 Å². The molecular weight excluding hydrogens is 415 g/mol. The summed E-state index contributed by atoms with van der Waals surface area (Å²) in [6.45, 7) is 7.82. The van der Waals surface area contributed by atoms with E-state index in [9.17, 15) is 13.2 Å². The van der Waals surface area contributed by atoms with Crippen molar-refractivity contribution in [3.05, 3.63) is 89.3 Å². The van der Waals surface area contributed by atoms with Crippen LogP contribution in [0.3, 0.4) is 0 Å². The molecule has 0 spiro atoms. The van der Waals surface area contributed by atoms with E-state index < -0.39 is 17.3 Å². The van der Waals surface area contributed by atoms with Crippen molar-refractivity contribution < 1.29 is 13.2 Å². The maximum Gasteiger partial charge on any atom is 0.433 e. The lowest BCUT2D eigenvalue weighted by atomic mass is 9.85. The Morgan fingerprint density at radius 1 is 0.719 bits per heavy atom. The van der Waals surface area contributed by atoms with Crippen LogP contribution in [-0.4, -0.2) is 24.7 Å². The molecule has 0 saturated heterocycles. The van der Waals surface area contributed by atoms with E-state index in [2.05, 4.69) is 15.0 Å². The molecule has 0 N–H and O–H groups in total. The van der Waals surface area contributed by atoms with Crippen molar-refractivity contribution in [3.63, 3.8) is 0 Å². The normalized spacial score (nSPS) is 12.2. The third kappa shape index (κ3) is 4.12. The molecule has 32 heavy (non-hydrogen) atoms. The average molecular weight is 437 g/mol. The van der Waals surface area contributed by atoms with Crippen LogP contribution in [0, 0.1) is 13.8 Å². The minimum Gasteiger partial charge on any atom is -0.256 e. The molecule has 0 aliphatic heterocycles. The predicted molar refractivity (Wildman–Crippen MR) is 115 cm³/mol. The molecule has 0 saturated carbocycles. The first-order valence-corrected chi connectivity index (χ1v) is 10.1. The van der Waals surface area contributed by atoms with Gasteiger partial charge in [-0.1, -0.05) is 12.1 Å². The summed E-state index contributed by atoms with van der Waals surface area (Å²) in [6.07, 6.45) is -2.64. The second-order valence-electron chi connectivity index (χ2n) is 8.14. The largest absolute Gasteiger partial charge is 0.433 e. The van der Waals surface area contributed by atoms with Crippen LogP contribution in [0.1, 0.15) is 42.3 Å². The molecule has 8 heteroatoms. The lowest BCUT2D eigenvalue weighted by Gasteiger charge is -2.22. The lowest BCUT2D eigenvalue weighted by molar-refractivity contribution is -0.141. The molecule has 4 aromatic rings. The summed E-state index contributed by atoms with van der Waals surface area (Å²) in [6, 6.07) is 14.9. The Kier molecular flexibility index (Phi) is 5.32. The quantitative estimate of drug-likeness (QED) is 0.412. The van der Waals surface area contributed by atoms with Crippen molar-refractivity contribution in [3.8, 4) is 17.1 Å². The van der Waals surface area contributed by atoms with Gasteiger partial charge in [0, 0.05) is 11.9 Å². The number of pyridine rings is 3. The van der Waals surface area contributed by atoms with Crippen molar-refractivity contribution in [2.75, 3.05) is 0 Å². The summed E-state index contributed by atoms with van der Waals surface area (Å²) in [7, 11) is 0. The van der Waals surface area contributed by atoms with Gasteiger partial charge in [0.1, 0.15) is 5.69 Å². The molecule has 0 aliphatic carbocycles. The fourth-order valence-electron chi connectivity index (χ4n) is 3.50. The summed E-state index contributed by atoms with van der Waals surface area (Å²) >= 11 is 0. The molecule has 0 amide bonds. The van der Waals surface area contributed by atoms with Crippen molar-refractivity contribution in [2.24, 2.45) is 0 Å². The van der Waals surface area contributed by atoms with E-state index in [4.69, 9.17) is 5.10 Å². The molecule has 0 atom stereocenters. The van der Waals surface area contributed by atoms with Crippen LogP contribution in [0.25, 0.3) is 17.1 Å². The van der Waals surface area contributed by atoms with Gasteiger partial charge in [0.05, 0.1) is 39.6 Å². The van der Waals surface area contributed by atoms with Gasteiger partial charge in [0.25, 0.3) is 0 Å². The zero-order valence-corrected chi connectivity index (χ0v) is 18.1. The summed E-state index contributed by atoms with van der Waals surface area (Å²) in [5, 5.41) is 4.74. The van der Waals surface area contributed by atoms with Gasteiger partial charge in [-0.15, -0.1) is 0 Å². The Labute approximate surface area is 184 Å². The SMILES string of the molecule is Cc1ccc(-n2ccc(C(C)(C)c3cccc(-c4cccc(C(F)(F)F)n4)n3)n2)c(C)n1. The first kappa shape index (κ1) is 21.7. The Bertz CT molecular complexity index is 1270. The standard InChI is InChI=1S/C24H22F3N5/c1-15-11-12-19(16(2)28-15)32-14-13-21(31-32)23(3,4)20-9-5-7-17(29-20)18-8-6-10-22(30-18)24(25,26)27/h5-14H,1-4H3. The molecule has 4 aromatic heterocycles. The maximum atomic E-state index is 13.1. The minimum atomic E-state index is -4.51. The predicted octanol–water partition coefficient (Wildman–Crippen LogP) is 5.69. The van der Waals surface area contributed by atoms with Gasteiger partial charge in [-0.3, -0.25) is 9.97 Å². The third-order valence-electron chi connectivity index (χ3n) is 5.36. The number of nitrogens with zero attached hydrogens (tertiary/aromatic N) is 5. The number of rotatable bonds is 4. The van der Waals surface area contributed by atoms with Crippen LogP contribution in [0.5, 0.6) is 0 Å². The van der Waals surface area contributed by atoms with Gasteiger partial charge in [0.2, 0.25) is 0 Å². The topological polar surface area (TPSA) is 56.5 Å². The Morgan fingerprint density at radius 2 is 1.34 bits per heavy atom. The van der Waals surface area contributed by atoms with Gasteiger partial charge < -0.3 is 0 Å². The maximum absolute atomic E-state index is 13.1. The molecule has 0 bridgehead atoms. The summed E-state index contributed by atoms with van der Waals surface area (Å²) in [5.74, 6) is 0. The highest BCUT2D eigenvalue weighted by Crippen LogP contribution is 2.32. The highest BCUT2D eigenvalue weighted by molar-refractivity contribution is 5.55. The Hall–Kier alpha value is -3.55. The van der Waals surface area contributed by atoms with E-state index in [1.54, 1.807) is 16.8 Å². The zero-order chi connectivity index (χ0) is 23.1. The van der Waals surface area contributed by atoms with Crippen molar-refractivity contribution in [2.45, 2.75) is 39.3 Å². The van der Waals surface area contributed by atoms with Gasteiger partial charge in [-0.2, -0.15) is 18.3 Å². The monoisotopic (exact) mass is 437 g/mol. The van der Waals surface area contributed by atoms with Crippen LogP contribution in [-0.2, 0) is 11.6 Å².